The molecule has 2 aromatic rings. The third kappa shape index (κ3) is 5.58. The Labute approximate surface area is 161 Å². The van der Waals surface area contributed by atoms with Gasteiger partial charge < -0.3 is 15.4 Å². The lowest BCUT2D eigenvalue weighted by Gasteiger charge is -2.22. The SMILES string of the molecule is CCOc1ccc(C(=O)N[C@H](C(=O)Nc2ccc(C)cc2C)C(C)C)cc1. The summed E-state index contributed by atoms with van der Waals surface area (Å²) in [5.74, 6) is 0.146. The summed E-state index contributed by atoms with van der Waals surface area (Å²) < 4.78 is 5.39. The van der Waals surface area contributed by atoms with Gasteiger partial charge in [0.2, 0.25) is 5.91 Å². The first-order chi connectivity index (χ1) is 12.8. The lowest BCUT2D eigenvalue weighted by molar-refractivity contribution is -0.118. The highest BCUT2D eigenvalue weighted by Gasteiger charge is 2.25. The molecule has 0 radical (unpaired) electrons. The lowest BCUT2D eigenvalue weighted by Crippen LogP contribution is -2.47. The first-order valence-corrected chi connectivity index (χ1v) is 9.23. The molecule has 0 spiro atoms. The van der Waals surface area contributed by atoms with Crippen molar-refractivity contribution in [2.75, 3.05) is 11.9 Å². The van der Waals surface area contributed by atoms with Crippen molar-refractivity contribution in [2.45, 2.75) is 40.7 Å². The number of anilines is 1. The van der Waals surface area contributed by atoms with Gasteiger partial charge in [0.25, 0.3) is 5.91 Å². The molecule has 144 valence electrons. The molecule has 2 amide bonds. The average molecular weight is 368 g/mol. The normalized spacial score (nSPS) is 11.8. The van der Waals surface area contributed by atoms with Crippen molar-refractivity contribution in [1.82, 2.24) is 5.32 Å². The van der Waals surface area contributed by atoms with Crippen LogP contribution in [0.5, 0.6) is 5.75 Å². The molecule has 0 aliphatic carbocycles. The topological polar surface area (TPSA) is 67.4 Å². The number of carbonyl (C=O) groups excluding carboxylic acids is 2. The second-order valence-electron chi connectivity index (χ2n) is 6.96. The zero-order chi connectivity index (χ0) is 20.0. The molecule has 0 aliphatic heterocycles. The summed E-state index contributed by atoms with van der Waals surface area (Å²) in [5.41, 5.74) is 3.37. The van der Waals surface area contributed by atoms with Gasteiger partial charge in [-0.2, -0.15) is 0 Å². The Balaban J connectivity index is 2.09. The number of rotatable bonds is 7. The summed E-state index contributed by atoms with van der Waals surface area (Å²) in [6, 6.07) is 12.1. The van der Waals surface area contributed by atoms with Crippen molar-refractivity contribution in [3.63, 3.8) is 0 Å². The fourth-order valence-corrected chi connectivity index (χ4v) is 2.79. The highest BCUT2D eigenvalue weighted by Crippen LogP contribution is 2.18. The van der Waals surface area contributed by atoms with E-state index in [-0.39, 0.29) is 17.7 Å². The van der Waals surface area contributed by atoms with Gasteiger partial charge in [0.15, 0.2) is 0 Å². The zero-order valence-corrected chi connectivity index (χ0v) is 16.6. The quantitative estimate of drug-likeness (QED) is 0.773. The first-order valence-electron chi connectivity index (χ1n) is 9.23. The molecule has 0 saturated heterocycles. The Morgan fingerprint density at radius 2 is 1.70 bits per heavy atom. The van der Waals surface area contributed by atoms with Gasteiger partial charge in [-0.05, 0) is 62.6 Å². The minimum absolute atomic E-state index is 0.0533. The standard InChI is InChI=1S/C22H28N2O3/c1-6-27-18-10-8-17(9-11-18)21(25)24-20(14(2)3)22(26)23-19-12-7-15(4)13-16(19)5/h7-14,20H,6H2,1-5H3,(H,23,26)(H,24,25)/t20-/m0/s1. The number of nitrogens with one attached hydrogen (secondary N) is 2. The molecule has 0 aromatic heterocycles. The van der Waals surface area contributed by atoms with Crippen LogP contribution < -0.4 is 15.4 Å². The van der Waals surface area contributed by atoms with E-state index < -0.39 is 6.04 Å². The fourth-order valence-electron chi connectivity index (χ4n) is 2.79. The Morgan fingerprint density at radius 1 is 1.04 bits per heavy atom. The van der Waals surface area contributed by atoms with E-state index in [9.17, 15) is 9.59 Å². The summed E-state index contributed by atoms with van der Waals surface area (Å²) in [6.07, 6.45) is 0. The second-order valence-corrected chi connectivity index (χ2v) is 6.96. The molecule has 0 saturated carbocycles. The van der Waals surface area contributed by atoms with Crippen molar-refractivity contribution < 1.29 is 14.3 Å². The maximum atomic E-state index is 12.8. The number of amides is 2. The van der Waals surface area contributed by atoms with E-state index in [0.717, 1.165) is 16.8 Å². The molecular formula is C22H28N2O3. The van der Waals surface area contributed by atoms with E-state index in [1.807, 2.05) is 52.8 Å². The minimum atomic E-state index is -0.634. The van der Waals surface area contributed by atoms with Crippen LogP contribution >= 0.6 is 0 Å². The summed E-state index contributed by atoms with van der Waals surface area (Å²) in [6.45, 7) is 10.2. The van der Waals surface area contributed by atoms with Gasteiger partial charge in [-0.3, -0.25) is 9.59 Å². The predicted octanol–water partition coefficient (Wildman–Crippen LogP) is 4.10. The minimum Gasteiger partial charge on any atom is -0.494 e. The molecule has 0 unspecified atom stereocenters. The van der Waals surface area contributed by atoms with E-state index in [2.05, 4.69) is 10.6 Å². The van der Waals surface area contributed by atoms with E-state index >= 15 is 0 Å². The van der Waals surface area contributed by atoms with Crippen LogP contribution in [0.2, 0.25) is 0 Å². The molecule has 0 fully saturated rings. The lowest BCUT2D eigenvalue weighted by atomic mass is 10.0. The monoisotopic (exact) mass is 368 g/mol. The largest absolute Gasteiger partial charge is 0.494 e. The van der Waals surface area contributed by atoms with Crippen molar-refractivity contribution in [3.8, 4) is 5.75 Å². The van der Waals surface area contributed by atoms with Crippen LogP contribution in [0, 0.1) is 19.8 Å². The Kier molecular flexibility index (Phi) is 6.99. The Morgan fingerprint density at radius 3 is 2.26 bits per heavy atom. The van der Waals surface area contributed by atoms with Gasteiger partial charge in [-0.1, -0.05) is 31.5 Å². The smallest absolute Gasteiger partial charge is 0.251 e. The number of hydrogen-bond acceptors (Lipinski definition) is 3. The number of hydrogen-bond donors (Lipinski definition) is 2. The van der Waals surface area contributed by atoms with Gasteiger partial charge in [-0.25, -0.2) is 0 Å². The number of carbonyl (C=O) groups is 2. The molecule has 0 aliphatic rings. The van der Waals surface area contributed by atoms with Crippen LogP contribution in [-0.2, 0) is 4.79 Å². The maximum absolute atomic E-state index is 12.8. The summed E-state index contributed by atoms with van der Waals surface area (Å²) >= 11 is 0. The third-order valence-corrected chi connectivity index (χ3v) is 4.30. The van der Waals surface area contributed by atoms with E-state index in [1.54, 1.807) is 24.3 Å². The zero-order valence-electron chi connectivity index (χ0n) is 16.6. The summed E-state index contributed by atoms with van der Waals surface area (Å²) in [4.78, 5) is 25.3. The van der Waals surface area contributed by atoms with Crippen molar-refractivity contribution in [2.24, 2.45) is 5.92 Å². The second kappa shape index (κ2) is 9.21. The van der Waals surface area contributed by atoms with Gasteiger partial charge in [0, 0.05) is 11.3 Å². The molecule has 1 atom stereocenters. The number of aryl methyl sites for hydroxylation is 2. The third-order valence-electron chi connectivity index (χ3n) is 4.30. The molecule has 2 rings (SSSR count). The maximum Gasteiger partial charge on any atom is 0.251 e. The fraction of sp³-hybridized carbons (Fsp3) is 0.364. The van der Waals surface area contributed by atoms with Gasteiger partial charge >= 0.3 is 0 Å². The Bertz CT molecular complexity index is 798. The van der Waals surface area contributed by atoms with Crippen LogP contribution in [0.4, 0.5) is 5.69 Å². The molecule has 0 heterocycles. The van der Waals surface area contributed by atoms with Crippen LogP contribution in [0.25, 0.3) is 0 Å². The summed E-state index contributed by atoms with van der Waals surface area (Å²) in [7, 11) is 0. The molecular weight excluding hydrogens is 340 g/mol. The van der Waals surface area contributed by atoms with Crippen molar-refractivity contribution in [1.29, 1.82) is 0 Å². The van der Waals surface area contributed by atoms with Crippen molar-refractivity contribution >= 4 is 17.5 Å². The number of benzene rings is 2. The Hall–Kier alpha value is -2.82. The average Bonchev–Trinajstić information content (AvgIpc) is 2.62. The highest BCUT2D eigenvalue weighted by molar-refractivity contribution is 6.01. The molecule has 2 aromatic carbocycles. The summed E-state index contributed by atoms with van der Waals surface area (Å²) in [5, 5.41) is 5.77. The molecule has 27 heavy (non-hydrogen) atoms. The van der Waals surface area contributed by atoms with Crippen LogP contribution in [0.15, 0.2) is 42.5 Å². The van der Waals surface area contributed by atoms with Crippen molar-refractivity contribution in [3.05, 3.63) is 59.2 Å². The first kappa shape index (κ1) is 20.5. The van der Waals surface area contributed by atoms with Gasteiger partial charge in [-0.15, -0.1) is 0 Å². The predicted molar refractivity (Wildman–Crippen MR) is 108 cm³/mol. The molecule has 5 nitrogen and oxygen atoms in total. The molecule has 2 N–H and O–H groups in total. The van der Waals surface area contributed by atoms with Gasteiger partial charge in [0.05, 0.1) is 6.61 Å². The van der Waals surface area contributed by atoms with Crippen LogP contribution in [0.3, 0.4) is 0 Å². The van der Waals surface area contributed by atoms with E-state index in [1.165, 1.54) is 0 Å². The highest BCUT2D eigenvalue weighted by atomic mass is 16.5. The van der Waals surface area contributed by atoms with E-state index in [4.69, 9.17) is 4.74 Å². The van der Waals surface area contributed by atoms with Crippen LogP contribution in [-0.4, -0.2) is 24.5 Å². The molecule has 0 bridgehead atoms. The number of ether oxygens (including phenoxy) is 1. The van der Waals surface area contributed by atoms with E-state index in [0.29, 0.717) is 17.9 Å². The van der Waals surface area contributed by atoms with Gasteiger partial charge in [0.1, 0.15) is 11.8 Å². The van der Waals surface area contributed by atoms with Crippen LogP contribution in [0.1, 0.15) is 42.3 Å². The molecule has 5 heteroatoms.